The van der Waals surface area contributed by atoms with Crippen molar-refractivity contribution in [3.8, 4) is 11.3 Å². The van der Waals surface area contributed by atoms with E-state index in [9.17, 15) is 22.8 Å². The van der Waals surface area contributed by atoms with Crippen molar-refractivity contribution in [1.82, 2.24) is 15.0 Å². The Morgan fingerprint density at radius 3 is 2.56 bits per heavy atom. The Kier molecular flexibility index (Phi) is 6.95. The SMILES string of the molecule is CC(=O)OC[C@H]1O[C@@H](N=[N+]=[N-])C[C@@H](n2cc(-c3cc(F)c(F)c(F)c3)nn2)[C@@H]1OC(C)=O. The minimum atomic E-state index is -1.62. The van der Waals surface area contributed by atoms with Gasteiger partial charge in [-0.2, -0.15) is 0 Å². The van der Waals surface area contributed by atoms with Crippen molar-refractivity contribution in [3.63, 3.8) is 0 Å². The molecule has 32 heavy (non-hydrogen) atoms. The predicted octanol–water partition coefficient (Wildman–Crippen LogP) is 2.82. The van der Waals surface area contributed by atoms with Crippen molar-refractivity contribution in [2.45, 2.75) is 44.7 Å². The van der Waals surface area contributed by atoms with Crippen LogP contribution in [0.25, 0.3) is 21.7 Å². The van der Waals surface area contributed by atoms with E-state index < -0.39 is 53.9 Å². The van der Waals surface area contributed by atoms with Gasteiger partial charge in [0.1, 0.15) is 24.6 Å². The number of nitrogens with zero attached hydrogens (tertiary/aromatic N) is 6. The van der Waals surface area contributed by atoms with E-state index in [1.165, 1.54) is 17.8 Å². The van der Waals surface area contributed by atoms with E-state index in [4.69, 9.17) is 19.7 Å². The molecule has 1 aromatic carbocycles. The zero-order valence-corrected chi connectivity index (χ0v) is 16.8. The highest BCUT2D eigenvalue weighted by atomic mass is 19.2. The second-order valence-corrected chi connectivity index (χ2v) is 6.85. The molecule has 0 bridgehead atoms. The first-order valence-corrected chi connectivity index (χ1v) is 9.26. The van der Waals surface area contributed by atoms with E-state index in [1.54, 1.807) is 0 Å². The number of hydrogen-bond donors (Lipinski definition) is 0. The molecule has 3 rings (SSSR count). The van der Waals surface area contributed by atoms with E-state index >= 15 is 0 Å². The fraction of sp³-hybridized carbons (Fsp3) is 0.444. The summed E-state index contributed by atoms with van der Waals surface area (Å²) in [5, 5.41) is 11.3. The second kappa shape index (κ2) is 9.66. The first-order chi connectivity index (χ1) is 15.2. The lowest BCUT2D eigenvalue weighted by atomic mass is 9.98. The van der Waals surface area contributed by atoms with Crippen molar-refractivity contribution < 1.29 is 37.0 Å². The summed E-state index contributed by atoms with van der Waals surface area (Å²) in [7, 11) is 0. The van der Waals surface area contributed by atoms with Gasteiger partial charge in [-0.1, -0.05) is 10.3 Å². The lowest BCUT2D eigenvalue weighted by Gasteiger charge is -2.39. The molecule has 170 valence electrons. The number of azide groups is 1. The topological polar surface area (TPSA) is 141 Å². The number of benzene rings is 1. The molecule has 0 spiro atoms. The minimum Gasteiger partial charge on any atom is -0.463 e. The molecule has 11 nitrogen and oxygen atoms in total. The molecule has 2 aromatic rings. The van der Waals surface area contributed by atoms with Crippen LogP contribution >= 0.6 is 0 Å². The van der Waals surface area contributed by atoms with Crippen LogP contribution in [-0.2, 0) is 23.8 Å². The highest BCUT2D eigenvalue weighted by Gasteiger charge is 2.43. The van der Waals surface area contributed by atoms with Crippen LogP contribution < -0.4 is 0 Å². The van der Waals surface area contributed by atoms with Gasteiger partial charge in [-0.25, -0.2) is 17.9 Å². The minimum absolute atomic E-state index is 0.00643. The summed E-state index contributed by atoms with van der Waals surface area (Å²) in [4.78, 5) is 25.6. The molecular formula is C18H17F3N6O5. The van der Waals surface area contributed by atoms with Gasteiger partial charge < -0.3 is 14.2 Å². The number of esters is 2. The Labute approximate surface area is 178 Å². The molecule has 1 aromatic heterocycles. The lowest BCUT2D eigenvalue weighted by Crippen LogP contribution is -2.50. The molecule has 1 aliphatic heterocycles. The largest absolute Gasteiger partial charge is 0.463 e. The molecule has 2 heterocycles. The molecule has 0 N–H and O–H groups in total. The zero-order valence-electron chi connectivity index (χ0n) is 16.8. The third-order valence-corrected chi connectivity index (χ3v) is 4.58. The number of hydrogen-bond acceptors (Lipinski definition) is 8. The molecule has 4 atom stereocenters. The Morgan fingerprint density at radius 1 is 1.28 bits per heavy atom. The van der Waals surface area contributed by atoms with Gasteiger partial charge in [-0.05, 0) is 17.7 Å². The van der Waals surface area contributed by atoms with Crippen molar-refractivity contribution in [3.05, 3.63) is 46.2 Å². The van der Waals surface area contributed by atoms with Gasteiger partial charge in [0.25, 0.3) is 0 Å². The molecule has 1 aliphatic rings. The summed E-state index contributed by atoms with van der Waals surface area (Å²) in [6.07, 6.45) is -1.77. The lowest BCUT2D eigenvalue weighted by molar-refractivity contribution is -0.191. The maximum Gasteiger partial charge on any atom is 0.303 e. The average Bonchev–Trinajstić information content (AvgIpc) is 3.21. The van der Waals surface area contributed by atoms with Gasteiger partial charge in [-0.3, -0.25) is 9.59 Å². The second-order valence-electron chi connectivity index (χ2n) is 6.85. The summed E-state index contributed by atoms with van der Waals surface area (Å²) in [6, 6.07) is 0.708. The fourth-order valence-electron chi connectivity index (χ4n) is 3.27. The highest BCUT2D eigenvalue weighted by molar-refractivity contribution is 5.66. The van der Waals surface area contributed by atoms with E-state index in [-0.39, 0.29) is 24.3 Å². The quantitative estimate of drug-likeness (QED) is 0.215. The Morgan fingerprint density at radius 2 is 1.97 bits per heavy atom. The van der Waals surface area contributed by atoms with Crippen LogP contribution in [-0.4, -0.2) is 52.0 Å². The summed E-state index contributed by atoms with van der Waals surface area (Å²) >= 11 is 0. The van der Waals surface area contributed by atoms with Crippen molar-refractivity contribution in [2.75, 3.05) is 6.61 Å². The summed E-state index contributed by atoms with van der Waals surface area (Å²) < 4.78 is 57.6. The highest BCUT2D eigenvalue weighted by Crippen LogP contribution is 2.33. The van der Waals surface area contributed by atoms with Crippen LogP contribution in [0.4, 0.5) is 13.2 Å². The van der Waals surface area contributed by atoms with E-state index in [2.05, 4.69) is 20.3 Å². The van der Waals surface area contributed by atoms with E-state index in [1.807, 2.05) is 0 Å². The van der Waals surface area contributed by atoms with Crippen LogP contribution in [0.3, 0.4) is 0 Å². The van der Waals surface area contributed by atoms with Gasteiger partial charge in [0.05, 0.1) is 12.2 Å². The number of rotatable bonds is 6. The molecule has 0 unspecified atom stereocenters. The van der Waals surface area contributed by atoms with Crippen molar-refractivity contribution >= 4 is 11.9 Å². The maximum atomic E-state index is 13.6. The van der Waals surface area contributed by atoms with Crippen LogP contribution in [0, 0.1) is 17.5 Å². The van der Waals surface area contributed by atoms with Gasteiger partial charge in [-0.15, -0.1) is 5.10 Å². The Hall–Kier alpha value is -3.64. The van der Waals surface area contributed by atoms with Crippen LogP contribution in [0.5, 0.6) is 0 Å². The number of halogens is 3. The fourth-order valence-corrected chi connectivity index (χ4v) is 3.27. The van der Waals surface area contributed by atoms with Crippen LogP contribution in [0.1, 0.15) is 26.3 Å². The zero-order chi connectivity index (χ0) is 23.4. The number of aromatic nitrogens is 3. The van der Waals surface area contributed by atoms with Crippen molar-refractivity contribution in [1.29, 1.82) is 0 Å². The summed E-state index contributed by atoms with van der Waals surface area (Å²) in [6.45, 7) is 2.03. The third-order valence-electron chi connectivity index (χ3n) is 4.58. The first kappa shape index (κ1) is 23.0. The molecular weight excluding hydrogens is 437 g/mol. The van der Waals surface area contributed by atoms with Crippen LogP contribution in [0.2, 0.25) is 0 Å². The summed E-state index contributed by atoms with van der Waals surface area (Å²) in [5.74, 6) is -5.69. The van der Waals surface area contributed by atoms with Gasteiger partial charge in [0.2, 0.25) is 0 Å². The number of carbonyl (C=O) groups excluding carboxylic acids is 2. The van der Waals surface area contributed by atoms with E-state index in [0.29, 0.717) is 0 Å². The first-order valence-electron chi connectivity index (χ1n) is 9.26. The standard InChI is InChI=1S/C18H17F3N6O5/c1-8(28)30-7-15-18(31-9(2)29)14(5-16(32-15)24-25-22)27-6-13(23-26-27)10-3-11(19)17(21)12(20)4-10/h3-4,6,14-16,18H,5,7H2,1-2H3/t14-,15-,16-,18+/m1/s1. The molecule has 1 fully saturated rings. The van der Waals surface area contributed by atoms with Gasteiger partial charge in [0, 0.05) is 30.7 Å². The van der Waals surface area contributed by atoms with Gasteiger partial charge >= 0.3 is 11.9 Å². The monoisotopic (exact) mass is 454 g/mol. The Balaban J connectivity index is 1.97. The molecule has 0 radical (unpaired) electrons. The van der Waals surface area contributed by atoms with Crippen molar-refractivity contribution in [2.24, 2.45) is 5.11 Å². The maximum absolute atomic E-state index is 13.6. The van der Waals surface area contributed by atoms with Crippen LogP contribution in [0.15, 0.2) is 23.4 Å². The number of ether oxygens (including phenoxy) is 3. The molecule has 0 aliphatic carbocycles. The van der Waals surface area contributed by atoms with E-state index in [0.717, 1.165) is 19.1 Å². The Bertz CT molecular complexity index is 1050. The third kappa shape index (κ3) is 5.15. The average molecular weight is 454 g/mol. The smallest absolute Gasteiger partial charge is 0.303 e. The molecule has 0 saturated carbocycles. The normalized spacial score (nSPS) is 22.7. The van der Waals surface area contributed by atoms with Gasteiger partial charge in [0.15, 0.2) is 23.6 Å². The summed E-state index contributed by atoms with van der Waals surface area (Å²) in [5.41, 5.74) is 8.72. The molecule has 0 amide bonds. The predicted molar refractivity (Wildman–Crippen MR) is 99.0 cm³/mol. The molecule has 14 heteroatoms. The molecule has 1 saturated heterocycles. The number of carbonyl (C=O) groups is 2.